The molecule has 7 heteroatoms. The highest BCUT2D eigenvalue weighted by Gasteiger charge is 2.27. The molecule has 0 radical (unpaired) electrons. The van der Waals surface area contributed by atoms with Crippen molar-refractivity contribution in [2.24, 2.45) is 0 Å². The summed E-state index contributed by atoms with van der Waals surface area (Å²) >= 11 is 0. The zero-order valence-corrected chi connectivity index (χ0v) is 11.0. The van der Waals surface area contributed by atoms with Crippen molar-refractivity contribution in [2.75, 3.05) is 7.05 Å². The highest BCUT2D eigenvalue weighted by Crippen LogP contribution is 2.21. The van der Waals surface area contributed by atoms with Crippen LogP contribution in [0.15, 0.2) is 0 Å². The highest BCUT2D eigenvalue weighted by atomic mass is 16.4. The smallest absolute Gasteiger partial charge is 0.326 e. The lowest BCUT2D eigenvalue weighted by Gasteiger charge is -2.31. The van der Waals surface area contributed by atoms with Crippen LogP contribution in [-0.4, -0.2) is 52.2 Å². The lowest BCUT2D eigenvalue weighted by Crippen LogP contribution is -2.50. The molecule has 1 aliphatic rings. The van der Waals surface area contributed by atoms with E-state index in [1.54, 1.807) is 7.05 Å². The molecule has 0 aromatic carbocycles. The standard InChI is InChI=1S/C12H20N2O5/c1-14(8-5-3-2-4-6-8)12(19)13-9(11(17)18)7-10(15)16/h8-9H,2-7H2,1H3,(H,13,19)(H,15,16)(H,17,18). The van der Waals surface area contributed by atoms with Crippen LogP contribution in [0.4, 0.5) is 4.79 Å². The van der Waals surface area contributed by atoms with E-state index in [-0.39, 0.29) is 6.04 Å². The van der Waals surface area contributed by atoms with Crippen LogP contribution in [0, 0.1) is 0 Å². The van der Waals surface area contributed by atoms with Gasteiger partial charge in [-0.25, -0.2) is 9.59 Å². The molecule has 0 saturated heterocycles. The third-order valence-corrected chi connectivity index (χ3v) is 3.42. The van der Waals surface area contributed by atoms with Gasteiger partial charge in [0.25, 0.3) is 0 Å². The molecule has 0 aromatic heterocycles. The molecule has 1 rings (SSSR count). The van der Waals surface area contributed by atoms with Crippen LogP contribution in [0.3, 0.4) is 0 Å². The van der Waals surface area contributed by atoms with Crippen LogP contribution in [-0.2, 0) is 9.59 Å². The largest absolute Gasteiger partial charge is 0.481 e. The van der Waals surface area contributed by atoms with Gasteiger partial charge in [0.15, 0.2) is 0 Å². The second-order valence-electron chi connectivity index (χ2n) is 4.84. The van der Waals surface area contributed by atoms with E-state index in [0.717, 1.165) is 32.1 Å². The van der Waals surface area contributed by atoms with Gasteiger partial charge in [-0.3, -0.25) is 4.79 Å². The highest BCUT2D eigenvalue weighted by molar-refractivity contribution is 5.86. The van der Waals surface area contributed by atoms with Crippen molar-refractivity contribution in [3.05, 3.63) is 0 Å². The molecule has 0 spiro atoms. The van der Waals surface area contributed by atoms with Gasteiger partial charge >= 0.3 is 18.0 Å². The van der Waals surface area contributed by atoms with E-state index in [1.165, 1.54) is 4.90 Å². The second kappa shape index (κ2) is 6.96. The molecule has 2 amide bonds. The molecule has 108 valence electrons. The Hall–Kier alpha value is -1.79. The predicted molar refractivity (Wildman–Crippen MR) is 66.8 cm³/mol. The Kier molecular flexibility index (Phi) is 5.59. The molecule has 0 bridgehead atoms. The summed E-state index contributed by atoms with van der Waals surface area (Å²) in [4.78, 5) is 34.8. The van der Waals surface area contributed by atoms with Crippen molar-refractivity contribution in [1.82, 2.24) is 10.2 Å². The predicted octanol–water partition coefficient (Wildman–Crippen LogP) is 0.888. The van der Waals surface area contributed by atoms with Crippen LogP contribution >= 0.6 is 0 Å². The monoisotopic (exact) mass is 272 g/mol. The lowest BCUT2D eigenvalue weighted by molar-refractivity contribution is -0.145. The number of hydrogen-bond acceptors (Lipinski definition) is 3. The molecule has 1 saturated carbocycles. The summed E-state index contributed by atoms with van der Waals surface area (Å²) in [6, 6.07) is -1.82. The summed E-state index contributed by atoms with van der Waals surface area (Å²) in [5.41, 5.74) is 0. The Morgan fingerprint density at radius 1 is 1.21 bits per heavy atom. The molecule has 19 heavy (non-hydrogen) atoms. The maximum Gasteiger partial charge on any atom is 0.326 e. The fourth-order valence-corrected chi connectivity index (χ4v) is 2.26. The maximum absolute atomic E-state index is 11.9. The van der Waals surface area contributed by atoms with E-state index in [9.17, 15) is 14.4 Å². The molecule has 7 nitrogen and oxygen atoms in total. The SMILES string of the molecule is CN(C(=O)NC(CC(=O)O)C(=O)O)C1CCCCC1. The van der Waals surface area contributed by atoms with Gasteiger partial charge in [-0.15, -0.1) is 0 Å². The number of nitrogens with zero attached hydrogens (tertiary/aromatic N) is 1. The van der Waals surface area contributed by atoms with Crippen molar-refractivity contribution >= 4 is 18.0 Å². The number of carbonyl (C=O) groups is 3. The Morgan fingerprint density at radius 2 is 1.79 bits per heavy atom. The number of carboxylic acid groups (broad SMARTS) is 2. The Labute approximate surface area is 111 Å². The number of aliphatic carboxylic acids is 2. The first-order valence-electron chi connectivity index (χ1n) is 6.39. The lowest BCUT2D eigenvalue weighted by atomic mass is 9.95. The summed E-state index contributed by atoms with van der Waals surface area (Å²) in [6.07, 6.45) is 4.45. The van der Waals surface area contributed by atoms with Crippen LogP contribution in [0.5, 0.6) is 0 Å². The normalized spacial score (nSPS) is 17.5. The van der Waals surface area contributed by atoms with Gasteiger partial charge in [0.2, 0.25) is 0 Å². The van der Waals surface area contributed by atoms with Crippen molar-refractivity contribution < 1.29 is 24.6 Å². The average molecular weight is 272 g/mol. The molecule has 1 unspecified atom stereocenters. The summed E-state index contributed by atoms with van der Waals surface area (Å²) in [5.74, 6) is -2.60. The topological polar surface area (TPSA) is 107 Å². The Bertz CT molecular complexity index is 352. The Morgan fingerprint density at radius 3 is 2.26 bits per heavy atom. The van der Waals surface area contributed by atoms with Crippen LogP contribution in [0.25, 0.3) is 0 Å². The fraction of sp³-hybridized carbons (Fsp3) is 0.750. The molecule has 1 aliphatic carbocycles. The Balaban J connectivity index is 2.55. The van der Waals surface area contributed by atoms with E-state index in [4.69, 9.17) is 10.2 Å². The maximum atomic E-state index is 11.9. The van der Waals surface area contributed by atoms with Gasteiger partial charge in [0.05, 0.1) is 6.42 Å². The number of carbonyl (C=O) groups excluding carboxylic acids is 1. The van der Waals surface area contributed by atoms with Crippen LogP contribution in [0.2, 0.25) is 0 Å². The number of amides is 2. The average Bonchev–Trinajstić information content (AvgIpc) is 2.37. The fourth-order valence-electron chi connectivity index (χ4n) is 2.26. The molecule has 0 aromatic rings. The van der Waals surface area contributed by atoms with Gasteiger partial charge in [-0.1, -0.05) is 19.3 Å². The molecule has 0 aliphatic heterocycles. The first kappa shape index (κ1) is 15.3. The quantitative estimate of drug-likeness (QED) is 0.689. The summed E-state index contributed by atoms with van der Waals surface area (Å²) in [6.45, 7) is 0. The first-order valence-corrected chi connectivity index (χ1v) is 6.39. The van der Waals surface area contributed by atoms with Gasteiger partial charge in [-0.2, -0.15) is 0 Å². The van der Waals surface area contributed by atoms with Crippen molar-refractivity contribution in [1.29, 1.82) is 0 Å². The number of hydrogen-bond donors (Lipinski definition) is 3. The van der Waals surface area contributed by atoms with Crippen molar-refractivity contribution in [3.8, 4) is 0 Å². The minimum atomic E-state index is -1.39. The van der Waals surface area contributed by atoms with Gasteiger partial charge in [0, 0.05) is 13.1 Å². The molecular weight excluding hydrogens is 252 g/mol. The van der Waals surface area contributed by atoms with Crippen LogP contribution in [0.1, 0.15) is 38.5 Å². The molecule has 1 fully saturated rings. The number of carboxylic acids is 2. The van der Waals surface area contributed by atoms with Gasteiger partial charge in [0.1, 0.15) is 6.04 Å². The number of rotatable bonds is 5. The van der Waals surface area contributed by atoms with Gasteiger partial charge in [-0.05, 0) is 12.8 Å². The number of nitrogens with one attached hydrogen (secondary N) is 1. The van der Waals surface area contributed by atoms with E-state index in [2.05, 4.69) is 5.32 Å². The summed E-state index contributed by atoms with van der Waals surface area (Å²) in [7, 11) is 1.62. The van der Waals surface area contributed by atoms with Crippen LogP contribution < -0.4 is 5.32 Å². The minimum Gasteiger partial charge on any atom is -0.481 e. The van der Waals surface area contributed by atoms with E-state index < -0.39 is 30.4 Å². The first-order chi connectivity index (χ1) is 8.91. The van der Waals surface area contributed by atoms with E-state index in [1.807, 2.05) is 0 Å². The zero-order chi connectivity index (χ0) is 14.4. The van der Waals surface area contributed by atoms with Gasteiger partial charge < -0.3 is 20.4 Å². The summed E-state index contributed by atoms with van der Waals surface area (Å²) < 4.78 is 0. The van der Waals surface area contributed by atoms with Crippen molar-refractivity contribution in [2.45, 2.75) is 50.6 Å². The minimum absolute atomic E-state index is 0.105. The third kappa shape index (κ3) is 4.76. The summed E-state index contributed by atoms with van der Waals surface area (Å²) in [5, 5.41) is 19.7. The molecule has 1 atom stereocenters. The number of urea groups is 1. The van der Waals surface area contributed by atoms with E-state index in [0.29, 0.717) is 0 Å². The molecule has 3 N–H and O–H groups in total. The van der Waals surface area contributed by atoms with E-state index >= 15 is 0 Å². The zero-order valence-electron chi connectivity index (χ0n) is 11.0. The second-order valence-corrected chi connectivity index (χ2v) is 4.84. The third-order valence-electron chi connectivity index (χ3n) is 3.42. The molecule has 0 heterocycles. The molecular formula is C12H20N2O5. The van der Waals surface area contributed by atoms with Crippen molar-refractivity contribution in [3.63, 3.8) is 0 Å².